The van der Waals surface area contributed by atoms with Crippen LogP contribution in [0.15, 0.2) is 35.7 Å². The van der Waals surface area contributed by atoms with Crippen molar-refractivity contribution in [3.8, 4) is 0 Å². The predicted molar refractivity (Wildman–Crippen MR) is 103 cm³/mol. The Kier molecular flexibility index (Phi) is 6.00. The summed E-state index contributed by atoms with van der Waals surface area (Å²) in [6.07, 6.45) is 5.75. The molecule has 0 unspecified atom stereocenters. The first-order valence-electron chi connectivity index (χ1n) is 8.76. The third-order valence-corrected chi connectivity index (χ3v) is 6.60. The zero-order chi connectivity index (χ0) is 19.5. The van der Waals surface area contributed by atoms with E-state index in [1.807, 2.05) is 17.5 Å². The quantitative estimate of drug-likeness (QED) is 0.665. The molecule has 2 N–H and O–H groups in total. The lowest BCUT2D eigenvalue weighted by Gasteiger charge is -2.26. The monoisotopic (exact) mass is 418 g/mol. The topological polar surface area (TPSA) is 58.2 Å². The van der Waals surface area contributed by atoms with Crippen LogP contribution in [0.3, 0.4) is 0 Å². The van der Waals surface area contributed by atoms with Crippen molar-refractivity contribution >= 4 is 32.7 Å². The van der Waals surface area contributed by atoms with Crippen LogP contribution in [0.2, 0.25) is 0 Å². The van der Waals surface area contributed by atoms with Gasteiger partial charge in [0.25, 0.3) is 0 Å². The van der Waals surface area contributed by atoms with E-state index in [2.05, 4.69) is 5.32 Å². The lowest BCUT2D eigenvalue weighted by atomic mass is 9.94. The van der Waals surface area contributed by atoms with E-state index in [-0.39, 0.29) is 11.7 Å². The molecule has 0 aliphatic heterocycles. The number of halogens is 3. The van der Waals surface area contributed by atoms with E-state index in [4.69, 9.17) is 0 Å². The molecular formula is C18H21F3N2O2S2. The number of nitrogens with one attached hydrogen (secondary N) is 2. The summed E-state index contributed by atoms with van der Waals surface area (Å²) in [5, 5.41) is 5.30. The molecule has 27 heavy (non-hydrogen) atoms. The minimum absolute atomic E-state index is 0.0402. The molecule has 2 aromatic rings. The van der Waals surface area contributed by atoms with Gasteiger partial charge >= 0.3 is 15.5 Å². The zero-order valence-electron chi connectivity index (χ0n) is 14.6. The molecule has 1 aliphatic rings. The number of alkyl halides is 3. The van der Waals surface area contributed by atoms with Gasteiger partial charge < -0.3 is 5.32 Å². The molecule has 0 atom stereocenters. The van der Waals surface area contributed by atoms with Crippen molar-refractivity contribution < 1.29 is 21.6 Å². The number of anilines is 2. The van der Waals surface area contributed by atoms with Gasteiger partial charge in [-0.15, -0.1) is 11.3 Å². The lowest BCUT2D eigenvalue weighted by molar-refractivity contribution is -0.0429. The van der Waals surface area contributed by atoms with Crippen LogP contribution in [0, 0.1) is 0 Å². The Balaban J connectivity index is 1.95. The molecule has 3 rings (SSSR count). The van der Waals surface area contributed by atoms with Crippen molar-refractivity contribution in [2.75, 3.05) is 10.0 Å². The fraction of sp³-hybridized carbons (Fsp3) is 0.444. The minimum atomic E-state index is -5.48. The van der Waals surface area contributed by atoms with E-state index in [1.165, 1.54) is 23.8 Å². The highest BCUT2D eigenvalue weighted by molar-refractivity contribution is 7.93. The summed E-state index contributed by atoms with van der Waals surface area (Å²) in [5.74, 6) is 0. The third-order valence-electron chi connectivity index (χ3n) is 4.62. The SMILES string of the molecule is O=S(=O)(Nc1cccc(NC2CCCCC2)c1Cc1cccs1)C(F)(F)F. The molecule has 0 amide bonds. The molecule has 1 saturated carbocycles. The molecule has 4 nitrogen and oxygen atoms in total. The molecule has 0 radical (unpaired) electrons. The van der Waals surface area contributed by atoms with E-state index < -0.39 is 15.5 Å². The second-order valence-corrected chi connectivity index (χ2v) is 9.32. The van der Waals surface area contributed by atoms with E-state index in [1.54, 1.807) is 16.9 Å². The van der Waals surface area contributed by atoms with Gasteiger partial charge in [0.2, 0.25) is 0 Å². The number of sulfonamides is 1. The van der Waals surface area contributed by atoms with Gasteiger partial charge in [-0.25, -0.2) is 0 Å². The first kappa shape index (κ1) is 20.0. The molecule has 148 valence electrons. The number of benzene rings is 1. The van der Waals surface area contributed by atoms with E-state index >= 15 is 0 Å². The maximum Gasteiger partial charge on any atom is 0.516 e. The molecule has 0 bridgehead atoms. The van der Waals surface area contributed by atoms with E-state index in [0.717, 1.165) is 30.6 Å². The molecule has 0 saturated heterocycles. The maximum atomic E-state index is 12.8. The Hall–Kier alpha value is -1.74. The molecule has 1 fully saturated rings. The van der Waals surface area contributed by atoms with Crippen LogP contribution in [-0.2, 0) is 16.4 Å². The highest BCUT2D eigenvalue weighted by Gasteiger charge is 2.46. The van der Waals surface area contributed by atoms with Gasteiger partial charge in [-0.3, -0.25) is 4.72 Å². The lowest BCUT2D eigenvalue weighted by Crippen LogP contribution is -2.30. The van der Waals surface area contributed by atoms with Crippen molar-refractivity contribution in [3.05, 3.63) is 46.2 Å². The summed E-state index contributed by atoms with van der Waals surface area (Å²) >= 11 is 1.48. The number of thiophene rings is 1. The van der Waals surface area contributed by atoms with Gasteiger partial charge in [0, 0.05) is 28.6 Å². The smallest absolute Gasteiger partial charge is 0.382 e. The molecule has 1 aliphatic carbocycles. The minimum Gasteiger partial charge on any atom is -0.382 e. The summed E-state index contributed by atoms with van der Waals surface area (Å²) < 4.78 is 63.5. The van der Waals surface area contributed by atoms with Gasteiger partial charge in [0.1, 0.15) is 0 Å². The molecule has 1 aromatic heterocycles. The number of hydrogen-bond donors (Lipinski definition) is 2. The Morgan fingerprint density at radius 1 is 1.04 bits per heavy atom. The van der Waals surface area contributed by atoms with Gasteiger partial charge in [-0.05, 0) is 36.4 Å². The Labute approximate surface area is 160 Å². The van der Waals surface area contributed by atoms with Crippen LogP contribution >= 0.6 is 11.3 Å². The van der Waals surface area contributed by atoms with Crippen LogP contribution in [0.1, 0.15) is 42.5 Å². The second-order valence-electron chi connectivity index (χ2n) is 6.62. The van der Waals surface area contributed by atoms with Crippen molar-refractivity contribution in [1.29, 1.82) is 0 Å². The Bertz CT molecular complexity index is 859. The van der Waals surface area contributed by atoms with Gasteiger partial charge in [-0.1, -0.05) is 31.4 Å². The van der Waals surface area contributed by atoms with Crippen LogP contribution < -0.4 is 10.0 Å². The predicted octanol–water partition coefficient (Wildman–Crippen LogP) is 5.35. The summed E-state index contributed by atoms with van der Waals surface area (Å²) in [5.41, 5.74) is -4.20. The van der Waals surface area contributed by atoms with Crippen LogP contribution in [0.25, 0.3) is 0 Å². The number of hydrogen-bond acceptors (Lipinski definition) is 4. The summed E-state index contributed by atoms with van der Waals surface area (Å²) in [7, 11) is -5.48. The first-order valence-corrected chi connectivity index (χ1v) is 11.1. The van der Waals surface area contributed by atoms with Crippen LogP contribution in [0.4, 0.5) is 24.5 Å². The second kappa shape index (κ2) is 8.10. The molecule has 1 heterocycles. The van der Waals surface area contributed by atoms with Gasteiger partial charge in [0.05, 0.1) is 5.69 Å². The zero-order valence-corrected chi connectivity index (χ0v) is 16.2. The third kappa shape index (κ3) is 4.95. The average Bonchev–Trinajstić information content (AvgIpc) is 3.10. The van der Waals surface area contributed by atoms with Crippen molar-refractivity contribution in [2.24, 2.45) is 0 Å². The van der Waals surface area contributed by atoms with E-state index in [9.17, 15) is 21.6 Å². The summed E-state index contributed by atoms with van der Waals surface area (Å²) in [4.78, 5) is 0.945. The maximum absolute atomic E-state index is 12.8. The fourth-order valence-corrected chi connectivity index (χ4v) is 4.58. The molecule has 1 aromatic carbocycles. The van der Waals surface area contributed by atoms with Crippen LogP contribution in [0.5, 0.6) is 0 Å². The summed E-state index contributed by atoms with van der Waals surface area (Å²) in [6.45, 7) is 0. The normalized spacial score (nSPS) is 16.3. The van der Waals surface area contributed by atoms with Crippen molar-refractivity contribution in [1.82, 2.24) is 0 Å². The fourth-order valence-electron chi connectivity index (χ4n) is 3.26. The van der Waals surface area contributed by atoms with Crippen LogP contribution in [-0.4, -0.2) is 20.0 Å². The number of rotatable bonds is 6. The standard InChI is InChI=1S/C18H21F3N2O2S2/c19-18(20,21)27(24,25)23-17-10-4-9-16(22-13-6-2-1-3-7-13)15(17)12-14-8-5-11-26-14/h4-5,8-11,13,22-23H,1-3,6-7,12H2. The largest absolute Gasteiger partial charge is 0.516 e. The van der Waals surface area contributed by atoms with Gasteiger partial charge in [0.15, 0.2) is 0 Å². The average molecular weight is 419 g/mol. The van der Waals surface area contributed by atoms with Crippen molar-refractivity contribution in [2.45, 2.75) is 50.1 Å². The van der Waals surface area contributed by atoms with E-state index in [0.29, 0.717) is 17.7 Å². The first-order chi connectivity index (χ1) is 12.8. The summed E-state index contributed by atoms with van der Waals surface area (Å²) in [6, 6.07) is 8.72. The Morgan fingerprint density at radius 2 is 1.74 bits per heavy atom. The molecule has 0 spiro atoms. The molecular weight excluding hydrogens is 397 g/mol. The van der Waals surface area contributed by atoms with Crippen molar-refractivity contribution in [3.63, 3.8) is 0 Å². The highest BCUT2D eigenvalue weighted by atomic mass is 32.2. The Morgan fingerprint density at radius 3 is 2.37 bits per heavy atom. The molecule has 9 heteroatoms. The highest BCUT2D eigenvalue weighted by Crippen LogP contribution is 2.34. The van der Waals surface area contributed by atoms with Gasteiger partial charge in [-0.2, -0.15) is 21.6 Å².